The second kappa shape index (κ2) is 4.97. The van der Waals surface area contributed by atoms with Gasteiger partial charge in [-0.15, -0.1) is 0 Å². The fourth-order valence-corrected chi connectivity index (χ4v) is 1.31. The number of nitro groups is 1. The van der Waals surface area contributed by atoms with E-state index in [9.17, 15) is 10.1 Å². The molecule has 15 heavy (non-hydrogen) atoms. The Balaban J connectivity index is 3.07. The van der Waals surface area contributed by atoms with Gasteiger partial charge in [0.2, 0.25) is 0 Å². The average Bonchev–Trinajstić information content (AvgIpc) is 2.25. The van der Waals surface area contributed by atoms with E-state index in [1.807, 2.05) is 6.92 Å². The second-order valence-corrected chi connectivity index (χ2v) is 2.96. The Hall–Kier alpha value is -2.07. The van der Waals surface area contributed by atoms with Crippen LogP contribution in [0, 0.1) is 10.1 Å². The summed E-state index contributed by atoms with van der Waals surface area (Å²) in [7, 11) is 0. The zero-order chi connectivity index (χ0) is 11.3. The third-order valence-electron chi connectivity index (χ3n) is 2.04. The van der Waals surface area contributed by atoms with Gasteiger partial charge in [0.05, 0.1) is 11.5 Å². The predicted octanol–water partition coefficient (Wildman–Crippen LogP) is 2.97. The highest BCUT2D eigenvalue weighted by molar-refractivity contribution is 5.42. The predicted molar refractivity (Wildman–Crippen MR) is 55.3 cm³/mol. The number of aryl methyl sites for hydroxylation is 1. The van der Waals surface area contributed by atoms with Gasteiger partial charge in [0, 0.05) is 16.5 Å². The Labute approximate surface area is 86.3 Å². The van der Waals surface area contributed by atoms with Crippen LogP contribution in [0.25, 0.3) is 10.4 Å². The third kappa shape index (κ3) is 2.69. The quantitative estimate of drug-likeness (QED) is 0.249. The lowest BCUT2D eigenvalue weighted by atomic mass is 10.1. The summed E-state index contributed by atoms with van der Waals surface area (Å²) >= 11 is 0. The van der Waals surface area contributed by atoms with Gasteiger partial charge in [-0.05, 0) is 23.6 Å². The zero-order valence-electron chi connectivity index (χ0n) is 8.25. The topological polar surface area (TPSA) is 91.9 Å². The van der Waals surface area contributed by atoms with Crippen LogP contribution in [0.15, 0.2) is 23.3 Å². The summed E-state index contributed by atoms with van der Waals surface area (Å²) in [5.74, 6) is 0. The highest BCUT2D eigenvalue weighted by Gasteiger charge is 2.11. The molecule has 0 atom stereocenters. The van der Waals surface area contributed by atoms with Crippen molar-refractivity contribution in [2.24, 2.45) is 5.11 Å². The van der Waals surface area contributed by atoms with Crippen molar-refractivity contribution in [1.29, 1.82) is 0 Å². The second-order valence-electron chi connectivity index (χ2n) is 2.96. The maximum atomic E-state index is 10.6. The first-order valence-electron chi connectivity index (χ1n) is 4.46. The number of nitrogens with zero attached hydrogens (tertiary/aromatic N) is 4. The summed E-state index contributed by atoms with van der Waals surface area (Å²) in [5, 5.41) is 14.0. The van der Waals surface area contributed by atoms with Crippen molar-refractivity contribution in [1.82, 2.24) is 0 Å². The molecule has 0 fully saturated rings. The molecule has 0 aromatic heterocycles. The Bertz CT molecular complexity index is 424. The molecule has 0 saturated carbocycles. The van der Waals surface area contributed by atoms with E-state index in [0.717, 1.165) is 5.56 Å². The third-order valence-corrected chi connectivity index (χ3v) is 2.04. The molecule has 0 spiro atoms. The van der Waals surface area contributed by atoms with Crippen LogP contribution >= 0.6 is 0 Å². The highest BCUT2D eigenvalue weighted by Crippen LogP contribution is 2.20. The van der Waals surface area contributed by atoms with Gasteiger partial charge < -0.3 is 0 Å². The van der Waals surface area contributed by atoms with Gasteiger partial charge in [-0.3, -0.25) is 10.1 Å². The van der Waals surface area contributed by atoms with Gasteiger partial charge in [0.15, 0.2) is 0 Å². The summed E-state index contributed by atoms with van der Waals surface area (Å²) in [4.78, 5) is 12.9. The molecule has 0 aliphatic heterocycles. The van der Waals surface area contributed by atoms with E-state index in [1.165, 1.54) is 6.07 Å². The van der Waals surface area contributed by atoms with Gasteiger partial charge >= 0.3 is 0 Å². The summed E-state index contributed by atoms with van der Waals surface area (Å²) in [6.45, 7) is 2.07. The highest BCUT2D eigenvalue weighted by atomic mass is 16.6. The van der Waals surface area contributed by atoms with Crippen LogP contribution in [0.5, 0.6) is 0 Å². The molecule has 0 aliphatic carbocycles. The van der Waals surface area contributed by atoms with E-state index in [4.69, 9.17) is 5.53 Å². The van der Waals surface area contributed by atoms with Crippen molar-refractivity contribution in [2.75, 3.05) is 0 Å². The standard InChI is InChI=1S/C9H10N4O2/c1-2-8-5-7(6-11-12-10)3-4-9(8)13(14)15/h3-5H,2,6H2,1H3. The Morgan fingerprint density at radius 2 is 2.33 bits per heavy atom. The van der Waals surface area contributed by atoms with E-state index in [2.05, 4.69) is 10.0 Å². The average molecular weight is 206 g/mol. The molecule has 0 aliphatic rings. The number of benzene rings is 1. The van der Waals surface area contributed by atoms with Gasteiger partial charge in [-0.2, -0.15) is 0 Å². The summed E-state index contributed by atoms with van der Waals surface area (Å²) in [5.41, 5.74) is 9.71. The maximum absolute atomic E-state index is 10.6. The van der Waals surface area contributed by atoms with E-state index < -0.39 is 4.92 Å². The Morgan fingerprint density at radius 1 is 1.60 bits per heavy atom. The van der Waals surface area contributed by atoms with E-state index >= 15 is 0 Å². The molecule has 0 amide bonds. The molecule has 6 heteroatoms. The molecule has 1 aromatic rings. The van der Waals surface area contributed by atoms with Crippen LogP contribution in [0.1, 0.15) is 18.1 Å². The normalized spacial score (nSPS) is 9.40. The summed E-state index contributed by atoms with van der Waals surface area (Å²) < 4.78 is 0. The molecule has 0 N–H and O–H groups in total. The Kier molecular flexibility index (Phi) is 3.65. The molecule has 1 aromatic carbocycles. The molecule has 0 unspecified atom stereocenters. The fraction of sp³-hybridized carbons (Fsp3) is 0.333. The minimum absolute atomic E-state index is 0.113. The fourth-order valence-electron chi connectivity index (χ4n) is 1.31. The molecule has 0 radical (unpaired) electrons. The van der Waals surface area contributed by atoms with Crippen LogP contribution in [0.3, 0.4) is 0 Å². The largest absolute Gasteiger partial charge is 0.272 e. The lowest BCUT2D eigenvalue weighted by Gasteiger charge is -2.01. The minimum Gasteiger partial charge on any atom is -0.258 e. The van der Waals surface area contributed by atoms with Crippen molar-refractivity contribution < 1.29 is 4.92 Å². The van der Waals surface area contributed by atoms with Crippen molar-refractivity contribution >= 4 is 5.69 Å². The van der Waals surface area contributed by atoms with E-state index in [1.54, 1.807) is 12.1 Å². The monoisotopic (exact) mass is 206 g/mol. The van der Waals surface area contributed by atoms with Gasteiger partial charge in [0.25, 0.3) is 5.69 Å². The molecular formula is C9H10N4O2. The van der Waals surface area contributed by atoms with Crippen LogP contribution in [0.4, 0.5) is 5.69 Å². The molecule has 0 heterocycles. The van der Waals surface area contributed by atoms with Gasteiger partial charge in [-0.1, -0.05) is 18.1 Å². The maximum Gasteiger partial charge on any atom is 0.272 e. The number of rotatable bonds is 4. The number of hydrogen-bond donors (Lipinski definition) is 0. The van der Waals surface area contributed by atoms with Crippen molar-refractivity contribution in [3.8, 4) is 0 Å². The summed E-state index contributed by atoms with van der Waals surface area (Å²) in [6.07, 6.45) is 0.584. The lowest BCUT2D eigenvalue weighted by molar-refractivity contribution is -0.385. The number of nitro benzene ring substituents is 1. The van der Waals surface area contributed by atoms with E-state index in [-0.39, 0.29) is 12.2 Å². The molecule has 0 bridgehead atoms. The number of azide groups is 1. The molecule has 6 nitrogen and oxygen atoms in total. The summed E-state index contributed by atoms with van der Waals surface area (Å²) in [6, 6.07) is 4.75. The van der Waals surface area contributed by atoms with E-state index in [0.29, 0.717) is 12.0 Å². The first-order chi connectivity index (χ1) is 7.19. The minimum atomic E-state index is -0.407. The van der Waals surface area contributed by atoms with Crippen LogP contribution in [0.2, 0.25) is 0 Å². The first kappa shape index (κ1) is 11.0. The van der Waals surface area contributed by atoms with Crippen molar-refractivity contribution in [3.63, 3.8) is 0 Å². The van der Waals surface area contributed by atoms with Crippen LogP contribution in [-0.4, -0.2) is 4.92 Å². The molecular weight excluding hydrogens is 196 g/mol. The molecule has 1 rings (SSSR count). The van der Waals surface area contributed by atoms with Crippen molar-refractivity contribution in [3.05, 3.63) is 49.9 Å². The van der Waals surface area contributed by atoms with Crippen molar-refractivity contribution in [2.45, 2.75) is 19.9 Å². The molecule has 0 saturated heterocycles. The SMILES string of the molecule is CCc1cc(CN=[N+]=[N-])ccc1[N+](=O)[O-]. The van der Waals surface area contributed by atoms with Crippen LogP contribution < -0.4 is 0 Å². The van der Waals surface area contributed by atoms with Gasteiger partial charge in [0.1, 0.15) is 0 Å². The first-order valence-corrected chi connectivity index (χ1v) is 4.46. The van der Waals surface area contributed by atoms with Crippen LogP contribution in [-0.2, 0) is 13.0 Å². The zero-order valence-corrected chi connectivity index (χ0v) is 8.25. The lowest BCUT2D eigenvalue weighted by Crippen LogP contribution is -1.95. The smallest absolute Gasteiger partial charge is 0.258 e. The van der Waals surface area contributed by atoms with Gasteiger partial charge in [-0.25, -0.2) is 0 Å². The number of hydrogen-bond acceptors (Lipinski definition) is 3. The Morgan fingerprint density at radius 3 is 2.87 bits per heavy atom. The molecule has 78 valence electrons.